The number of carbonyl (C=O) groups is 3. The molecule has 7 nitrogen and oxygen atoms in total. The zero-order chi connectivity index (χ0) is 11.4. The summed E-state index contributed by atoms with van der Waals surface area (Å²) in [7, 11) is 4.41. The van der Waals surface area contributed by atoms with Gasteiger partial charge in [0, 0.05) is 0 Å². The Bertz CT molecular complexity index is 274. The molecule has 0 saturated carbocycles. The molecule has 0 aromatic carbocycles. The number of carboxylic acid groups (broad SMARTS) is 2. The first-order valence-corrected chi connectivity index (χ1v) is 3.39. The second kappa shape index (κ2) is 7.36. The van der Waals surface area contributed by atoms with Crippen molar-refractivity contribution in [2.24, 2.45) is 0 Å². The van der Waals surface area contributed by atoms with Crippen molar-refractivity contribution in [1.82, 2.24) is 0 Å². The largest absolute Gasteiger partial charge is 1.00 e. The van der Waals surface area contributed by atoms with E-state index in [0.717, 1.165) is 0 Å². The van der Waals surface area contributed by atoms with Crippen molar-refractivity contribution >= 4 is 26.0 Å². The average molecular weight is 242 g/mol. The van der Waals surface area contributed by atoms with Crippen LogP contribution >= 0.6 is 0 Å². The van der Waals surface area contributed by atoms with Gasteiger partial charge in [0.05, 0.1) is 12.8 Å². The van der Waals surface area contributed by atoms with Crippen LogP contribution in [0.3, 0.4) is 0 Å². The van der Waals surface area contributed by atoms with E-state index in [0.29, 0.717) is 0 Å². The maximum atomic E-state index is 10.5. The SMILES string of the molecule is [B]OC(=O)CC(O)(CC(=O)O)C(=O)O.[H-].[K+]. The van der Waals surface area contributed by atoms with E-state index in [-0.39, 0.29) is 52.8 Å². The number of rotatable bonds is 5. The summed E-state index contributed by atoms with van der Waals surface area (Å²) in [5, 5.41) is 26.0. The average Bonchev–Trinajstić information content (AvgIpc) is 2.02. The van der Waals surface area contributed by atoms with Gasteiger partial charge < -0.3 is 21.4 Å². The van der Waals surface area contributed by atoms with Gasteiger partial charge in [-0.1, -0.05) is 0 Å². The summed E-state index contributed by atoms with van der Waals surface area (Å²) in [6, 6.07) is 0. The normalized spacial score (nSPS) is 13.1. The molecule has 9 heteroatoms. The van der Waals surface area contributed by atoms with E-state index in [2.05, 4.69) is 12.7 Å². The van der Waals surface area contributed by atoms with Crippen molar-refractivity contribution in [3.8, 4) is 0 Å². The third kappa shape index (κ3) is 6.28. The quantitative estimate of drug-likeness (QED) is 0.415. The predicted molar refractivity (Wildman–Crippen MR) is 42.4 cm³/mol. The van der Waals surface area contributed by atoms with Gasteiger partial charge in [-0.3, -0.25) is 9.59 Å². The van der Waals surface area contributed by atoms with Gasteiger partial charge in [-0.2, -0.15) is 0 Å². The van der Waals surface area contributed by atoms with Crippen LogP contribution in [0.4, 0.5) is 0 Å². The van der Waals surface area contributed by atoms with Gasteiger partial charge in [0.2, 0.25) is 0 Å². The monoisotopic (exact) mass is 242 g/mol. The minimum Gasteiger partial charge on any atom is -1.00 e. The minimum absolute atomic E-state index is 0. The molecule has 0 aromatic heterocycles. The third-order valence-electron chi connectivity index (χ3n) is 1.41. The first-order chi connectivity index (χ1) is 6.31. The van der Waals surface area contributed by atoms with Gasteiger partial charge in [-0.25, -0.2) is 4.79 Å². The topological polar surface area (TPSA) is 121 Å². The van der Waals surface area contributed by atoms with Crippen LogP contribution in [0.15, 0.2) is 0 Å². The molecule has 0 fully saturated rings. The molecule has 0 rings (SSSR count). The molecule has 0 spiro atoms. The summed E-state index contributed by atoms with van der Waals surface area (Å²) < 4.78 is 3.62. The molecule has 15 heavy (non-hydrogen) atoms. The first kappa shape index (κ1) is 17.5. The fourth-order valence-electron chi connectivity index (χ4n) is 0.744. The number of carboxylic acids is 2. The molecule has 0 saturated heterocycles. The summed E-state index contributed by atoms with van der Waals surface area (Å²) >= 11 is 0. The summed E-state index contributed by atoms with van der Waals surface area (Å²) in [5.41, 5.74) is -2.69. The molecule has 0 aliphatic heterocycles. The Balaban J connectivity index is -0.000000845. The van der Waals surface area contributed by atoms with Crippen molar-refractivity contribution in [2.75, 3.05) is 0 Å². The Labute approximate surface area is 130 Å². The van der Waals surface area contributed by atoms with E-state index in [1.54, 1.807) is 0 Å². The molecule has 0 aliphatic rings. The molecule has 3 N–H and O–H groups in total. The first-order valence-electron chi connectivity index (χ1n) is 3.39. The van der Waals surface area contributed by atoms with Crippen LogP contribution in [0, 0.1) is 0 Å². The smallest absolute Gasteiger partial charge is 1.00 e. The van der Waals surface area contributed by atoms with Gasteiger partial charge in [0.1, 0.15) is 0 Å². The van der Waals surface area contributed by atoms with Crippen molar-refractivity contribution in [3.05, 3.63) is 0 Å². The second-order valence-electron chi connectivity index (χ2n) is 2.57. The van der Waals surface area contributed by atoms with Crippen LogP contribution in [0.1, 0.15) is 14.3 Å². The molecule has 1 unspecified atom stereocenters. The molecule has 2 radical (unpaired) electrons. The van der Waals surface area contributed by atoms with Crippen molar-refractivity contribution in [2.45, 2.75) is 18.4 Å². The van der Waals surface area contributed by atoms with Gasteiger partial charge >= 0.3 is 71.4 Å². The van der Waals surface area contributed by atoms with Gasteiger partial charge in [-0.15, -0.1) is 0 Å². The van der Waals surface area contributed by atoms with Crippen LogP contribution in [0.5, 0.6) is 0 Å². The van der Waals surface area contributed by atoms with Crippen LogP contribution in [0.2, 0.25) is 0 Å². The molecule has 0 amide bonds. The fourth-order valence-corrected chi connectivity index (χ4v) is 0.744. The van der Waals surface area contributed by atoms with Gasteiger partial charge in [-0.05, 0) is 0 Å². The van der Waals surface area contributed by atoms with Crippen molar-refractivity contribution in [1.29, 1.82) is 0 Å². The van der Waals surface area contributed by atoms with E-state index in [4.69, 9.17) is 10.2 Å². The van der Waals surface area contributed by atoms with Crippen LogP contribution in [-0.2, 0) is 19.0 Å². The Hall–Kier alpha value is 0.0713. The van der Waals surface area contributed by atoms with Crippen LogP contribution < -0.4 is 51.4 Å². The zero-order valence-corrected chi connectivity index (χ0v) is 11.1. The van der Waals surface area contributed by atoms with E-state index >= 15 is 0 Å². The van der Waals surface area contributed by atoms with Crippen LogP contribution in [0.25, 0.3) is 0 Å². The number of hydrogen-bond acceptors (Lipinski definition) is 5. The molecule has 78 valence electrons. The Kier molecular flexibility index (Phi) is 8.57. The number of carbonyl (C=O) groups excluding carboxylic acids is 1. The number of hydrogen-bond donors (Lipinski definition) is 3. The van der Waals surface area contributed by atoms with Crippen LogP contribution in [-0.4, -0.2) is 46.9 Å². The molecular weight excluding hydrogens is 234 g/mol. The molecule has 1 atom stereocenters. The standard InChI is InChI=1S/C6H7BO7.K.H/c7-14-4(10)2-6(13,5(11)12)1-3(8)9;;/h13H,1-2H2,(H,8,9)(H,11,12);;/q;+1;-1. The Morgan fingerprint density at radius 1 is 1.27 bits per heavy atom. The maximum absolute atomic E-state index is 10.5. The van der Waals surface area contributed by atoms with E-state index < -0.39 is 36.4 Å². The summed E-state index contributed by atoms with van der Waals surface area (Å²) in [6.07, 6.45) is -2.14. The molecule has 0 aliphatic carbocycles. The van der Waals surface area contributed by atoms with E-state index in [1.165, 1.54) is 0 Å². The second-order valence-corrected chi connectivity index (χ2v) is 2.57. The number of aliphatic hydroxyl groups is 1. The third-order valence-corrected chi connectivity index (χ3v) is 1.41. The van der Waals surface area contributed by atoms with Gasteiger partial charge in [0.25, 0.3) is 5.97 Å². The summed E-state index contributed by atoms with van der Waals surface area (Å²) in [4.78, 5) is 31.2. The summed E-state index contributed by atoms with van der Waals surface area (Å²) in [5.74, 6) is -4.60. The van der Waals surface area contributed by atoms with Crippen molar-refractivity contribution in [3.63, 3.8) is 0 Å². The van der Waals surface area contributed by atoms with E-state index in [1.807, 2.05) is 0 Å². The summed E-state index contributed by atoms with van der Waals surface area (Å²) in [6.45, 7) is 0. The Morgan fingerprint density at radius 2 is 1.73 bits per heavy atom. The molecular formula is C6H8BKO7. The number of aliphatic carboxylic acids is 2. The zero-order valence-electron chi connectivity index (χ0n) is 8.97. The minimum atomic E-state index is -2.69. The molecule has 0 aromatic rings. The predicted octanol–water partition coefficient (Wildman–Crippen LogP) is -4.59. The fraction of sp³-hybridized carbons (Fsp3) is 0.500. The van der Waals surface area contributed by atoms with Crippen molar-refractivity contribution < 1.29 is 87.2 Å². The van der Waals surface area contributed by atoms with E-state index in [9.17, 15) is 19.5 Å². The maximum Gasteiger partial charge on any atom is 1.00 e. The van der Waals surface area contributed by atoms with Gasteiger partial charge in [0.15, 0.2) is 5.60 Å². The molecule has 0 heterocycles. The molecule has 0 bridgehead atoms. The Morgan fingerprint density at radius 3 is 2.00 bits per heavy atom.